The molecule has 1 saturated heterocycles. The predicted octanol–water partition coefficient (Wildman–Crippen LogP) is 1.63. The SMILES string of the molecule is CC(c1ccoc1)N(C)C1CCNC1. The molecule has 0 bridgehead atoms. The van der Waals surface area contributed by atoms with Crippen molar-refractivity contribution in [3.8, 4) is 0 Å². The zero-order valence-corrected chi connectivity index (χ0v) is 8.86. The summed E-state index contributed by atoms with van der Waals surface area (Å²) < 4.78 is 5.11. The van der Waals surface area contributed by atoms with E-state index in [1.165, 1.54) is 12.0 Å². The van der Waals surface area contributed by atoms with Crippen molar-refractivity contribution in [1.82, 2.24) is 10.2 Å². The minimum absolute atomic E-state index is 0.443. The van der Waals surface area contributed by atoms with Gasteiger partial charge in [-0.25, -0.2) is 0 Å². The molecule has 0 aromatic carbocycles. The first-order valence-corrected chi connectivity index (χ1v) is 5.24. The number of rotatable bonds is 3. The standard InChI is InChI=1S/C11H18N2O/c1-9(10-4-6-14-8-10)13(2)11-3-5-12-7-11/h4,6,8-9,11-12H,3,5,7H2,1-2H3. The van der Waals surface area contributed by atoms with Crippen LogP contribution in [0.25, 0.3) is 0 Å². The van der Waals surface area contributed by atoms with Gasteiger partial charge in [0.1, 0.15) is 0 Å². The van der Waals surface area contributed by atoms with E-state index >= 15 is 0 Å². The Bertz CT molecular complexity index is 265. The fraction of sp³-hybridized carbons (Fsp3) is 0.636. The first kappa shape index (κ1) is 9.74. The Morgan fingerprint density at radius 3 is 3.07 bits per heavy atom. The van der Waals surface area contributed by atoms with Gasteiger partial charge in [-0.2, -0.15) is 0 Å². The number of hydrogen-bond acceptors (Lipinski definition) is 3. The highest BCUT2D eigenvalue weighted by Crippen LogP contribution is 2.22. The Kier molecular flexibility index (Phi) is 2.89. The zero-order chi connectivity index (χ0) is 9.97. The van der Waals surface area contributed by atoms with Crippen LogP contribution in [0.3, 0.4) is 0 Å². The average molecular weight is 194 g/mol. The summed E-state index contributed by atoms with van der Waals surface area (Å²) >= 11 is 0. The van der Waals surface area contributed by atoms with Crippen LogP contribution in [0.4, 0.5) is 0 Å². The molecule has 1 aromatic rings. The van der Waals surface area contributed by atoms with Gasteiger partial charge in [0, 0.05) is 24.2 Å². The van der Waals surface area contributed by atoms with Gasteiger partial charge in [-0.05, 0) is 33.0 Å². The molecule has 1 aliphatic heterocycles. The molecule has 2 heterocycles. The number of nitrogens with zero attached hydrogens (tertiary/aromatic N) is 1. The Morgan fingerprint density at radius 2 is 2.50 bits per heavy atom. The van der Waals surface area contributed by atoms with Gasteiger partial charge in [0.2, 0.25) is 0 Å². The van der Waals surface area contributed by atoms with Crippen molar-refractivity contribution in [2.75, 3.05) is 20.1 Å². The summed E-state index contributed by atoms with van der Waals surface area (Å²) in [5.41, 5.74) is 1.26. The van der Waals surface area contributed by atoms with Crippen molar-refractivity contribution in [2.24, 2.45) is 0 Å². The molecule has 2 atom stereocenters. The van der Waals surface area contributed by atoms with Gasteiger partial charge < -0.3 is 9.73 Å². The van der Waals surface area contributed by atoms with E-state index in [4.69, 9.17) is 4.42 Å². The molecule has 78 valence electrons. The highest BCUT2D eigenvalue weighted by Gasteiger charge is 2.23. The molecule has 2 rings (SSSR count). The second kappa shape index (κ2) is 4.15. The van der Waals surface area contributed by atoms with Crippen LogP contribution in [0.15, 0.2) is 23.0 Å². The van der Waals surface area contributed by atoms with Gasteiger partial charge in [-0.1, -0.05) is 0 Å². The van der Waals surface area contributed by atoms with Crippen LogP contribution in [0.5, 0.6) is 0 Å². The second-order valence-electron chi connectivity index (χ2n) is 4.04. The van der Waals surface area contributed by atoms with E-state index in [-0.39, 0.29) is 0 Å². The quantitative estimate of drug-likeness (QED) is 0.793. The number of hydrogen-bond donors (Lipinski definition) is 1. The maximum absolute atomic E-state index is 5.11. The number of nitrogens with one attached hydrogen (secondary N) is 1. The summed E-state index contributed by atoms with van der Waals surface area (Å²) in [5.74, 6) is 0. The lowest BCUT2D eigenvalue weighted by Crippen LogP contribution is -2.35. The maximum Gasteiger partial charge on any atom is 0.0950 e. The largest absolute Gasteiger partial charge is 0.472 e. The molecule has 0 spiro atoms. The molecular weight excluding hydrogens is 176 g/mol. The molecule has 0 radical (unpaired) electrons. The number of furan rings is 1. The lowest BCUT2D eigenvalue weighted by molar-refractivity contribution is 0.196. The van der Waals surface area contributed by atoms with E-state index < -0.39 is 0 Å². The number of likely N-dealkylation sites (N-methyl/N-ethyl adjacent to an activating group) is 1. The summed E-state index contributed by atoms with van der Waals surface area (Å²) in [6, 6.07) is 3.15. The lowest BCUT2D eigenvalue weighted by atomic mass is 10.1. The molecule has 14 heavy (non-hydrogen) atoms. The van der Waals surface area contributed by atoms with Gasteiger partial charge in [0.15, 0.2) is 0 Å². The minimum atomic E-state index is 0.443. The van der Waals surface area contributed by atoms with E-state index in [0.29, 0.717) is 12.1 Å². The Morgan fingerprint density at radius 1 is 1.64 bits per heavy atom. The molecule has 0 amide bonds. The van der Waals surface area contributed by atoms with Crippen molar-refractivity contribution in [3.63, 3.8) is 0 Å². The third-order valence-corrected chi connectivity index (χ3v) is 3.25. The Hall–Kier alpha value is -0.800. The fourth-order valence-electron chi connectivity index (χ4n) is 2.05. The molecule has 0 aliphatic carbocycles. The van der Waals surface area contributed by atoms with Gasteiger partial charge in [0.05, 0.1) is 12.5 Å². The van der Waals surface area contributed by atoms with Crippen LogP contribution in [0, 0.1) is 0 Å². The molecule has 1 aromatic heterocycles. The van der Waals surface area contributed by atoms with E-state index in [1.807, 2.05) is 12.3 Å². The van der Waals surface area contributed by atoms with Crippen LogP contribution < -0.4 is 5.32 Å². The Labute approximate surface area is 85.1 Å². The van der Waals surface area contributed by atoms with E-state index in [2.05, 4.69) is 24.2 Å². The highest BCUT2D eigenvalue weighted by atomic mass is 16.3. The van der Waals surface area contributed by atoms with Crippen molar-refractivity contribution in [2.45, 2.75) is 25.4 Å². The normalized spacial score (nSPS) is 24.4. The van der Waals surface area contributed by atoms with Crippen molar-refractivity contribution in [3.05, 3.63) is 24.2 Å². The first-order valence-electron chi connectivity index (χ1n) is 5.24. The smallest absolute Gasteiger partial charge is 0.0950 e. The predicted molar refractivity (Wildman–Crippen MR) is 56.2 cm³/mol. The topological polar surface area (TPSA) is 28.4 Å². The zero-order valence-electron chi connectivity index (χ0n) is 8.86. The molecular formula is C11H18N2O. The molecule has 3 nitrogen and oxygen atoms in total. The van der Waals surface area contributed by atoms with E-state index in [9.17, 15) is 0 Å². The van der Waals surface area contributed by atoms with Gasteiger partial charge in [-0.15, -0.1) is 0 Å². The summed E-state index contributed by atoms with van der Waals surface area (Å²) in [6.07, 6.45) is 4.83. The van der Waals surface area contributed by atoms with E-state index in [1.54, 1.807) is 6.26 Å². The monoisotopic (exact) mass is 194 g/mol. The first-order chi connectivity index (χ1) is 6.79. The molecule has 2 unspecified atom stereocenters. The van der Waals surface area contributed by atoms with Crippen LogP contribution in [0.2, 0.25) is 0 Å². The molecule has 1 fully saturated rings. The summed E-state index contributed by atoms with van der Waals surface area (Å²) in [6.45, 7) is 4.48. The maximum atomic E-state index is 5.11. The molecule has 3 heteroatoms. The van der Waals surface area contributed by atoms with Crippen molar-refractivity contribution < 1.29 is 4.42 Å². The van der Waals surface area contributed by atoms with Crippen LogP contribution in [0.1, 0.15) is 24.9 Å². The second-order valence-corrected chi connectivity index (χ2v) is 4.04. The van der Waals surface area contributed by atoms with Crippen LogP contribution in [-0.2, 0) is 0 Å². The summed E-state index contributed by atoms with van der Waals surface area (Å²) in [4.78, 5) is 2.42. The van der Waals surface area contributed by atoms with Crippen molar-refractivity contribution >= 4 is 0 Å². The van der Waals surface area contributed by atoms with E-state index in [0.717, 1.165) is 13.1 Å². The molecule has 0 saturated carbocycles. The molecule has 1 aliphatic rings. The van der Waals surface area contributed by atoms with Crippen LogP contribution in [-0.4, -0.2) is 31.1 Å². The highest BCUT2D eigenvalue weighted by molar-refractivity contribution is 5.11. The van der Waals surface area contributed by atoms with Gasteiger partial charge >= 0.3 is 0 Å². The third kappa shape index (κ3) is 1.83. The fourth-order valence-corrected chi connectivity index (χ4v) is 2.05. The molecule has 1 N–H and O–H groups in total. The van der Waals surface area contributed by atoms with Crippen molar-refractivity contribution in [1.29, 1.82) is 0 Å². The average Bonchev–Trinajstić information content (AvgIpc) is 2.87. The summed E-state index contributed by atoms with van der Waals surface area (Å²) in [5, 5.41) is 3.39. The van der Waals surface area contributed by atoms with Gasteiger partial charge in [-0.3, -0.25) is 4.90 Å². The third-order valence-electron chi connectivity index (χ3n) is 3.25. The van der Waals surface area contributed by atoms with Crippen LogP contribution >= 0.6 is 0 Å². The minimum Gasteiger partial charge on any atom is -0.472 e. The Balaban J connectivity index is 2.00. The summed E-state index contributed by atoms with van der Waals surface area (Å²) in [7, 11) is 2.19. The lowest BCUT2D eigenvalue weighted by Gasteiger charge is -2.29. The van der Waals surface area contributed by atoms with Gasteiger partial charge in [0.25, 0.3) is 0 Å².